The van der Waals surface area contributed by atoms with Crippen molar-refractivity contribution >= 4 is 43.9 Å². The van der Waals surface area contributed by atoms with E-state index in [4.69, 9.17) is 0 Å². The second-order valence-corrected chi connectivity index (χ2v) is 8.37. The van der Waals surface area contributed by atoms with E-state index in [0.717, 1.165) is 11.9 Å². The molecule has 0 saturated heterocycles. The molecule has 0 aliphatic heterocycles. The number of sulfonamides is 1. The molecule has 0 aliphatic rings. The molecule has 1 N–H and O–H groups in total. The van der Waals surface area contributed by atoms with Gasteiger partial charge in [-0.15, -0.1) is 10.2 Å². The number of benzene rings is 1. The maximum atomic E-state index is 12.8. The molecule has 0 aliphatic carbocycles. The van der Waals surface area contributed by atoms with Gasteiger partial charge >= 0.3 is 0 Å². The molecule has 1 amide bonds. The molecule has 0 fully saturated rings. The lowest BCUT2D eigenvalue weighted by Gasteiger charge is -2.18. The molecule has 9 nitrogen and oxygen atoms in total. The van der Waals surface area contributed by atoms with Gasteiger partial charge in [0.25, 0.3) is 5.95 Å². The Morgan fingerprint density at radius 1 is 1.18 bits per heavy atom. The van der Waals surface area contributed by atoms with Gasteiger partial charge in [0.05, 0.1) is 10.4 Å². The van der Waals surface area contributed by atoms with Gasteiger partial charge in [0.15, 0.2) is 5.65 Å². The van der Waals surface area contributed by atoms with Gasteiger partial charge in [0.2, 0.25) is 15.9 Å². The lowest BCUT2D eigenvalue weighted by Crippen LogP contribution is -2.30. The number of nitrogens with zero attached hydrogens (tertiary/aromatic N) is 5. The fourth-order valence-corrected chi connectivity index (χ4v) is 4.66. The number of anilines is 1. The van der Waals surface area contributed by atoms with E-state index < -0.39 is 10.0 Å². The average Bonchev–Trinajstić information content (AvgIpc) is 2.94. The number of nitrogens with one attached hydrogen (secondary N) is 1. The van der Waals surface area contributed by atoms with E-state index >= 15 is 0 Å². The Kier molecular flexibility index (Phi) is 5.61. The highest BCUT2D eigenvalue weighted by molar-refractivity contribution is 7.89. The summed E-state index contributed by atoms with van der Waals surface area (Å²) in [6.07, 6.45) is 1.10. The van der Waals surface area contributed by atoms with Crippen LogP contribution in [0.3, 0.4) is 0 Å². The normalized spacial score (nSPS) is 12.2. The summed E-state index contributed by atoms with van der Waals surface area (Å²) in [7, 11) is -1.77. The molecule has 0 bridgehead atoms. The topological polar surface area (TPSA) is 110 Å². The van der Waals surface area contributed by atoms with Gasteiger partial charge in [0, 0.05) is 31.9 Å². The predicted octanol–water partition coefficient (Wildman–Crippen LogP) is 2.29. The van der Waals surface area contributed by atoms with Crippen LogP contribution in [0.1, 0.15) is 33.6 Å². The lowest BCUT2D eigenvalue weighted by atomic mass is 10.2. The molecule has 1 aromatic carbocycles. The van der Waals surface area contributed by atoms with Crippen LogP contribution in [-0.2, 0) is 21.9 Å². The van der Waals surface area contributed by atoms with Gasteiger partial charge in [-0.2, -0.15) is 9.29 Å². The molecule has 2 heterocycles. The number of carbonyl (C=O) groups excluding carboxylic acids is 1. The lowest BCUT2D eigenvalue weighted by molar-refractivity contribution is -0.116. The van der Waals surface area contributed by atoms with Crippen LogP contribution in [0.2, 0.25) is 0 Å². The van der Waals surface area contributed by atoms with Crippen LogP contribution < -0.4 is 5.32 Å². The Bertz CT molecular complexity index is 1140. The fraction of sp³-hybridized carbons (Fsp3) is 0.444. The highest BCUT2D eigenvalue weighted by Gasteiger charge is 2.23. The van der Waals surface area contributed by atoms with Crippen LogP contribution in [0.25, 0.3) is 22.1 Å². The molecular weight excluding hydrogens is 380 g/mol. The molecule has 0 radical (unpaired) electrons. The fourth-order valence-electron chi connectivity index (χ4n) is 3.18. The van der Waals surface area contributed by atoms with Crippen molar-refractivity contribution in [2.24, 2.45) is 7.05 Å². The van der Waals surface area contributed by atoms with Crippen molar-refractivity contribution in [1.29, 1.82) is 0 Å². The van der Waals surface area contributed by atoms with Gasteiger partial charge < -0.3 is 4.57 Å². The van der Waals surface area contributed by atoms with Crippen molar-refractivity contribution < 1.29 is 13.2 Å². The van der Waals surface area contributed by atoms with Crippen LogP contribution in [0.15, 0.2) is 23.1 Å². The van der Waals surface area contributed by atoms with Gasteiger partial charge in [-0.3, -0.25) is 10.1 Å². The quantitative estimate of drug-likeness (QED) is 0.647. The summed E-state index contributed by atoms with van der Waals surface area (Å²) in [6.45, 7) is 6.32. The van der Waals surface area contributed by atoms with Gasteiger partial charge in [-0.05, 0) is 24.6 Å². The van der Waals surface area contributed by atoms with E-state index in [9.17, 15) is 13.2 Å². The Labute approximate surface area is 163 Å². The highest BCUT2D eigenvalue weighted by atomic mass is 32.2. The molecule has 150 valence electrons. The van der Waals surface area contributed by atoms with Gasteiger partial charge in [0.1, 0.15) is 5.52 Å². The number of hydrogen-bond acceptors (Lipinski definition) is 6. The summed E-state index contributed by atoms with van der Waals surface area (Å²) >= 11 is 0. The Morgan fingerprint density at radius 2 is 1.89 bits per heavy atom. The second-order valence-electron chi connectivity index (χ2n) is 6.43. The minimum Gasteiger partial charge on any atom is -0.327 e. The first-order chi connectivity index (χ1) is 13.3. The summed E-state index contributed by atoms with van der Waals surface area (Å²) in [5.41, 5.74) is 1.80. The van der Waals surface area contributed by atoms with Crippen molar-refractivity contribution in [3.63, 3.8) is 0 Å². The largest absolute Gasteiger partial charge is 0.327 e. The van der Waals surface area contributed by atoms with Crippen LogP contribution in [0.5, 0.6) is 0 Å². The van der Waals surface area contributed by atoms with Crippen molar-refractivity contribution in [3.05, 3.63) is 18.2 Å². The number of fused-ring (bicyclic) bond motifs is 3. The molecule has 0 saturated carbocycles. The van der Waals surface area contributed by atoms with E-state index in [-0.39, 0.29) is 16.8 Å². The molecule has 0 atom stereocenters. The Balaban J connectivity index is 2.11. The Morgan fingerprint density at radius 3 is 2.54 bits per heavy atom. The first kappa shape index (κ1) is 20.2. The van der Waals surface area contributed by atoms with E-state index in [2.05, 4.69) is 20.5 Å². The average molecular weight is 404 g/mol. The third-order valence-corrected chi connectivity index (χ3v) is 6.69. The number of hydrogen-bond donors (Lipinski definition) is 1. The van der Waals surface area contributed by atoms with E-state index in [1.165, 1.54) is 4.31 Å². The summed E-state index contributed by atoms with van der Waals surface area (Å²) in [6, 6.07) is 4.94. The second kappa shape index (κ2) is 7.80. The van der Waals surface area contributed by atoms with Crippen molar-refractivity contribution in [2.45, 2.75) is 38.5 Å². The van der Waals surface area contributed by atoms with Crippen LogP contribution in [0.4, 0.5) is 5.95 Å². The predicted molar refractivity (Wildman–Crippen MR) is 107 cm³/mol. The minimum absolute atomic E-state index is 0.132. The molecule has 3 rings (SSSR count). The van der Waals surface area contributed by atoms with Crippen molar-refractivity contribution in [2.75, 3.05) is 18.4 Å². The smallest absolute Gasteiger partial charge is 0.251 e. The zero-order valence-electron chi connectivity index (χ0n) is 16.4. The van der Waals surface area contributed by atoms with Crippen LogP contribution >= 0.6 is 0 Å². The summed E-state index contributed by atoms with van der Waals surface area (Å²) in [4.78, 5) is 16.4. The number of rotatable bonds is 7. The van der Waals surface area contributed by atoms with Crippen LogP contribution in [-0.4, -0.2) is 51.5 Å². The number of amides is 1. The van der Waals surface area contributed by atoms with Gasteiger partial charge in [-0.1, -0.05) is 20.8 Å². The first-order valence-electron chi connectivity index (χ1n) is 9.26. The summed E-state index contributed by atoms with van der Waals surface area (Å²) < 4.78 is 28.9. The molecule has 28 heavy (non-hydrogen) atoms. The Hall–Kier alpha value is -2.59. The molecule has 0 unspecified atom stereocenters. The molecule has 0 spiro atoms. The molecule has 10 heteroatoms. The maximum Gasteiger partial charge on any atom is 0.251 e. The molecule has 2 aromatic heterocycles. The standard InChI is InChI=1S/C18H24N6O3S/c1-5-8-15(25)19-18-20-17-16(21-22-18)13-11-12(9-10-14(13)23(17)4)28(26,27)24(6-2)7-3/h9-11H,5-8H2,1-4H3,(H,19,20,22,25). The van der Waals surface area contributed by atoms with Crippen molar-refractivity contribution in [1.82, 2.24) is 24.1 Å². The van der Waals surface area contributed by atoms with Crippen molar-refractivity contribution in [3.8, 4) is 0 Å². The maximum absolute atomic E-state index is 12.8. The highest BCUT2D eigenvalue weighted by Crippen LogP contribution is 2.29. The van der Waals surface area contributed by atoms with E-state index in [1.54, 1.807) is 32.0 Å². The number of carbonyl (C=O) groups is 1. The molecule has 3 aromatic rings. The monoisotopic (exact) mass is 404 g/mol. The summed E-state index contributed by atoms with van der Waals surface area (Å²) in [5, 5.41) is 11.5. The third kappa shape index (κ3) is 3.45. The van der Waals surface area contributed by atoms with Gasteiger partial charge in [-0.25, -0.2) is 8.42 Å². The minimum atomic E-state index is -3.58. The van der Waals surface area contributed by atoms with E-state index in [0.29, 0.717) is 36.1 Å². The zero-order valence-corrected chi connectivity index (χ0v) is 17.2. The summed E-state index contributed by atoms with van der Waals surface area (Å²) in [5.74, 6) is -0.0390. The first-order valence-corrected chi connectivity index (χ1v) is 10.7. The van der Waals surface area contributed by atoms with E-state index in [1.807, 2.05) is 18.5 Å². The SMILES string of the molecule is CCCC(=O)Nc1nnc2c3cc(S(=O)(=O)N(CC)CC)ccc3n(C)c2n1. The third-order valence-electron chi connectivity index (χ3n) is 4.64. The van der Waals surface area contributed by atoms with Crippen LogP contribution in [0, 0.1) is 0 Å². The number of aromatic nitrogens is 4. The zero-order chi connectivity index (χ0) is 20.5. The molecular formula is C18H24N6O3S. The number of aryl methyl sites for hydroxylation is 1.